The van der Waals surface area contributed by atoms with Crippen molar-refractivity contribution >= 4 is 6.09 Å². The Balaban J connectivity index is 2.73. The summed E-state index contributed by atoms with van der Waals surface area (Å²) in [6.07, 6.45) is -1.33. The molecule has 1 aliphatic carbocycles. The van der Waals surface area contributed by atoms with Crippen molar-refractivity contribution in [1.82, 2.24) is 5.32 Å². The maximum Gasteiger partial charge on any atom is 0.405 e. The minimum Gasteiger partial charge on any atom is -0.465 e. The van der Waals surface area contributed by atoms with Crippen LogP contribution < -0.4 is 5.32 Å². The number of carbonyl (C=O) groups is 1. The van der Waals surface area contributed by atoms with E-state index in [1.54, 1.807) is 0 Å². The first-order chi connectivity index (χ1) is 5.77. The molecule has 1 fully saturated rings. The summed E-state index contributed by atoms with van der Waals surface area (Å²) in [5.41, 5.74) is -0.799. The number of hydrogen-bond acceptors (Lipinski definition) is 1. The van der Waals surface area contributed by atoms with Crippen molar-refractivity contribution in [2.45, 2.75) is 45.3 Å². The molecule has 0 aromatic carbocycles. The first-order valence-corrected chi connectivity index (χ1v) is 4.42. The van der Waals surface area contributed by atoms with Crippen molar-refractivity contribution in [3.8, 4) is 0 Å². The lowest BCUT2D eigenvalue weighted by Crippen LogP contribution is -2.65. The van der Waals surface area contributed by atoms with Gasteiger partial charge in [-0.05, 0) is 5.41 Å². The first-order valence-electron chi connectivity index (χ1n) is 4.42. The van der Waals surface area contributed by atoms with Crippen LogP contribution in [0, 0.1) is 5.41 Å². The van der Waals surface area contributed by atoms with Crippen LogP contribution in [0.1, 0.15) is 33.6 Å². The average molecular weight is 189 g/mol. The molecule has 0 atom stereocenters. The molecular weight excluding hydrogens is 173 g/mol. The smallest absolute Gasteiger partial charge is 0.405 e. The first kappa shape index (κ1) is 10.3. The van der Waals surface area contributed by atoms with Crippen molar-refractivity contribution in [2.75, 3.05) is 0 Å². The Labute approximate surface area is 77.3 Å². The molecule has 0 heterocycles. The molecule has 0 aromatic heterocycles. The SMILES string of the molecule is CC(C)(C)C1(NC(=O)O)CC(F)C1. The van der Waals surface area contributed by atoms with Gasteiger partial charge in [0.05, 0.1) is 5.54 Å². The van der Waals surface area contributed by atoms with Crippen LogP contribution in [0.5, 0.6) is 0 Å². The number of carboxylic acid groups (broad SMARTS) is 1. The van der Waals surface area contributed by atoms with Gasteiger partial charge in [0.2, 0.25) is 0 Å². The van der Waals surface area contributed by atoms with E-state index in [1.807, 2.05) is 20.8 Å². The van der Waals surface area contributed by atoms with E-state index in [9.17, 15) is 9.18 Å². The topological polar surface area (TPSA) is 49.3 Å². The largest absolute Gasteiger partial charge is 0.465 e. The van der Waals surface area contributed by atoms with Gasteiger partial charge < -0.3 is 10.4 Å². The molecule has 3 nitrogen and oxygen atoms in total. The molecule has 0 bridgehead atoms. The summed E-state index contributed by atoms with van der Waals surface area (Å²) in [5.74, 6) is 0. The van der Waals surface area contributed by atoms with Crippen LogP contribution in [0.25, 0.3) is 0 Å². The molecule has 4 heteroatoms. The highest BCUT2D eigenvalue weighted by atomic mass is 19.1. The predicted octanol–water partition coefficient (Wildman–Crippen LogP) is 2.17. The number of nitrogens with one attached hydrogen (secondary N) is 1. The van der Waals surface area contributed by atoms with Gasteiger partial charge in [-0.1, -0.05) is 20.8 Å². The zero-order chi connectivity index (χ0) is 10.3. The van der Waals surface area contributed by atoms with Crippen molar-refractivity contribution in [1.29, 1.82) is 0 Å². The van der Waals surface area contributed by atoms with Crippen LogP contribution in [0.4, 0.5) is 9.18 Å². The maximum absolute atomic E-state index is 12.8. The summed E-state index contributed by atoms with van der Waals surface area (Å²) < 4.78 is 12.8. The fourth-order valence-electron chi connectivity index (χ4n) is 1.80. The van der Waals surface area contributed by atoms with Gasteiger partial charge in [-0.3, -0.25) is 0 Å². The zero-order valence-corrected chi connectivity index (χ0v) is 8.22. The molecule has 1 aliphatic rings. The molecule has 76 valence electrons. The van der Waals surface area contributed by atoms with E-state index in [1.165, 1.54) is 0 Å². The molecule has 1 amide bonds. The lowest BCUT2D eigenvalue weighted by Gasteiger charge is -2.52. The molecule has 0 spiro atoms. The Morgan fingerprint density at radius 2 is 2.00 bits per heavy atom. The van der Waals surface area contributed by atoms with Crippen molar-refractivity contribution < 1.29 is 14.3 Å². The maximum atomic E-state index is 12.8. The minimum atomic E-state index is -1.07. The fraction of sp³-hybridized carbons (Fsp3) is 0.889. The number of alkyl halides is 1. The quantitative estimate of drug-likeness (QED) is 0.664. The Morgan fingerprint density at radius 1 is 1.54 bits per heavy atom. The highest BCUT2D eigenvalue weighted by molar-refractivity contribution is 5.66. The van der Waals surface area contributed by atoms with E-state index in [4.69, 9.17) is 5.11 Å². The van der Waals surface area contributed by atoms with E-state index in [-0.39, 0.29) is 5.41 Å². The highest BCUT2D eigenvalue weighted by Crippen LogP contribution is 2.47. The van der Waals surface area contributed by atoms with Crippen LogP contribution >= 0.6 is 0 Å². The third-order valence-corrected chi connectivity index (χ3v) is 2.92. The van der Waals surface area contributed by atoms with Crippen molar-refractivity contribution in [3.63, 3.8) is 0 Å². The van der Waals surface area contributed by atoms with Crippen LogP contribution in [-0.2, 0) is 0 Å². The van der Waals surface area contributed by atoms with Gasteiger partial charge in [-0.2, -0.15) is 0 Å². The number of amides is 1. The Hall–Kier alpha value is -0.800. The Bertz CT molecular complexity index is 216. The van der Waals surface area contributed by atoms with Crippen LogP contribution in [0.15, 0.2) is 0 Å². The van der Waals surface area contributed by atoms with Crippen molar-refractivity contribution in [3.05, 3.63) is 0 Å². The summed E-state index contributed by atoms with van der Waals surface area (Å²) in [6, 6.07) is 0. The van der Waals surface area contributed by atoms with Crippen LogP contribution in [0.3, 0.4) is 0 Å². The third kappa shape index (κ3) is 1.76. The molecular formula is C9H16FNO2. The van der Waals surface area contributed by atoms with E-state index in [0.717, 1.165) is 0 Å². The molecule has 0 aliphatic heterocycles. The average Bonchev–Trinajstić information content (AvgIpc) is 1.79. The van der Waals surface area contributed by atoms with Gasteiger partial charge in [-0.15, -0.1) is 0 Å². The normalized spacial score (nSPS) is 33.7. The second-order valence-corrected chi connectivity index (χ2v) is 4.77. The zero-order valence-electron chi connectivity index (χ0n) is 8.22. The summed E-state index contributed by atoms with van der Waals surface area (Å²) in [5, 5.41) is 11.1. The lowest BCUT2D eigenvalue weighted by atomic mass is 9.60. The van der Waals surface area contributed by atoms with Crippen LogP contribution in [-0.4, -0.2) is 22.9 Å². The summed E-state index contributed by atoms with van der Waals surface area (Å²) >= 11 is 0. The fourth-order valence-corrected chi connectivity index (χ4v) is 1.80. The van der Waals surface area contributed by atoms with E-state index >= 15 is 0 Å². The molecule has 0 radical (unpaired) electrons. The second kappa shape index (κ2) is 2.86. The highest BCUT2D eigenvalue weighted by Gasteiger charge is 2.53. The van der Waals surface area contributed by atoms with Crippen LogP contribution in [0.2, 0.25) is 0 Å². The lowest BCUT2D eigenvalue weighted by molar-refractivity contribution is -0.0119. The number of hydrogen-bond donors (Lipinski definition) is 2. The van der Waals surface area contributed by atoms with Gasteiger partial charge in [0.25, 0.3) is 0 Å². The molecule has 0 saturated heterocycles. The van der Waals surface area contributed by atoms with Gasteiger partial charge in [0.1, 0.15) is 6.17 Å². The molecule has 0 aromatic rings. The summed E-state index contributed by atoms with van der Waals surface area (Å²) in [7, 11) is 0. The van der Waals surface area contributed by atoms with E-state index in [0.29, 0.717) is 12.8 Å². The number of halogens is 1. The van der Waals surface area contributed by atoms with Gasteiger partial charge >= 0.3 is 6.09 Å². The molecule has 2 N–H and O–H groups in total. The van der Waals surface area contributed by atoms with E-state index in [2.05, 4.69) is 5.32 Å². The Morgan fingerprint density at radius 3 is 2.23 bits per heavy atom. The van der Waals surface area contributed by atoms with Crippen molar-refractivity contribution in [2.24, 2.45) is 5.41 Å². The summed E-state index contributed by atoms with van der Waals surface area (Å²) in [6.45, 7) is 5.78. The molecule has 1 saturated carbocycles. The molecule has 0 unspecified atom stereocenters. The summed E-state index contributed by atoms with van der Waals surface area (Å²) in [4.78, 5) is 10.5. The van der Waals surface area contributed by atoms with Gasteiger partial charge in [0.15, 0.2) is 0 Å². The van der Waals surface area contributed by atoms with Gasteiger partial charge in [0, 0.05) is 12.8 Å². The second-order valence-electron chi connectivity index (χ2n) is 4.77. The third-order valence-electron chi connectivity index (χ3n) is 2.92. The molecule has 13 heavy (non-hydrogen) atoms. The predicted molar refractivity (Wildman–Crippen MR) is 47.5 cm³/mol. The number of rotatable bonds is 1. The minimum absolute atomic E-state index is 0.228. The Kier molecular flexibility index (Phi) is 2.26. The van der Waals surface area contributed by atoms with E-state index < -0.39 is 17.8 Å². The van der Waals surface area contributed by atoms with Gasteiger partial charge in [-0.25, -0.2) is 9.18 Å². The molecule has 1 rings (SSSR count). The standard InChI is InChI=1S/C9H16FNO2/c1-8(2,3)9(11-7(12)13)4-6(10)5-9/h6,11H,4-5H2,1-3H3,(H,12,13). The monoisotopic (exact) mass is 189 g/mol.